The van der Waals surface area contributed by atoms with Crippen molar-refractivity contribution in [2.75, 3.05) is 0 Å². The molecule has 1 saturated heterocycles. The molecular weight excluding hydrogens is 248 g/mol. The monoisotopic (exact) mass is 278 g/mol. The number of hydrogen-bond donors (Lipinski definition) is 0. The van der Waals surface area contributed by atoms with Gasteiger partial charge < -0.3 is 9.47 Å². The molecule has 3 fully saturated rings. The summed E-state index contributed by atoms with van der Waals surface area (Å²) in [5, 5.41) is 0. The smallest absolute Gasteiger partial charge is 0.278 e. The number of hydrogen-bond acceptors (Lipinski definition) is 2. The lowest BCUT2D eigenvalue weighted by Crippen LogP contribution is -2.38. The summed E-state index contributed by atoms with van der Waals surface area (Å²) in [5.74, 6) is 2.30. The van der Waals surface area contributed by atoms with E-state index in [0.29, 0.717) is 12.2 Å². The Morgan fingerprint density at radius 3 is 1.45 bits per heavy atom. The van der Waals surface area contributed by atoms with Gasteiger partial charge in [-0.3, -0.25) is 0 Å². The Labute approximate surface area is 123 Å². The van der Waals surface area contributed by atoms with Gasteiger partial charge in [0.25, 0.3) is 5.95 Å². The van der Waals surface area contributed by atoms with E-state index in [4.69, 9.17) is 9.47 Å². The van der Waals surface area contributed by atoms with Crippen LogP contribution in [0, 0.1) is 11.8 Å². The van der Waals surface area contributed by atoms with Gasteiger partial charge in [0, 0.05) is 5.57 Å². The van der Waals surface area contributed by atoms with E-state index in [1.54, 1.807) is 0 Å². The lowest BCUT2D eigenvalue weighted by atomic mass is 9.77. The van der Waals surface area contributed by atoms with Crippen LogP contribution in [0.15, 0.2) is 11.5 Å². The molecule has 0 aromatic heterocycles. The van der Waals surface area contributed by atoms with Crippen LogP contribution in [-0.4, -0.2) is 12.2 Å². The minimum atomic E-state index is 0.336. The van der Waals surface area contributed by atoms with E-state index < -0.39 is 0 Å². The first kappa shape index (κ1) is 14.3. The molecule has 2 heteroatoms. The van der Waals surface area contributed by atoms with Crippen LogP contribution < -0.4 is 0 Å². The zero-order valence-electron chi connectivity index (χ0n) is 13.2. The molecule has 0 aromatic rings. The highest BCUT2D eigenvalue weighted by Crippen LogP contribution is 2.42. The number of rotatable bonds is 2. The van der Waals surface area contributed by atoms with Crippen LogP contribution in [0.3, 0.4) is 0 Å². The van der Waals surface area contributed by atoms with Crippen LogP contribution in [0.5, 0.6) is 0 Å². The molecule has 2 atom stereocenters. The quantitative estimate of drug-likeness (QED) is 0.692. The van der Waals surface area contributed by atoms with Gasteiger partial charge in [-0.1, -0.05) is 38.5 Å². The van der Waals surface area contributed by atoms with E-state index in [0.717, 1.165) is 17.8 Å². The molecule has 0 bridgehead atoms. The Balaban J connectivity index is 1.74. The first-order chi connectivity index (χ1) is 9.75. The van der Waals surface area contributed by atoms with Gasteiger partial charge in [0.15, 0.2) is 0 Å². The molecule has 2 aliphatic carbocycles. The minimum Gasteiger partial charge on any atom is -0.458 e. The van der Waals surface area contributed by atoms with E-state index in [2.05, 4.69) is 13.8 Å². The van der Waals surface area contributed by atoms with Crippen LogP contribution in [0.1, 0.15) is 78.1 Å². The molecule has 0 aromatic carbocycles. The molecule has 114 valence electrons. The Hall–Kier alpha value is -0.660. The van der Waals surface area contributed by atoms with Gasteiger partial charge in [-0.05, 0) is 51.4 Å². The summed E-state index contributed by atoms with van der Waals surface area (Å²) < 4.78 is 12.6. The molecule has 0 spiro atoms. The third kappa shape index (κ3) is 2.99. The van der Waals surface area contributed by atoms with Crippen molar-refractivity contribution in [3.63, 3.8) is 0 Å². The van der Waals surface area contributed by atoms with Crippen LogP contribution in [0.2, 0.25) is 0 Å². The highest BCUT2D eigenvalue weighted by molar-refractivity contribution is 5.04. The molecule has 3 aliphatic rings. The van der Waals surface area contributed by atoms with E-state index >= 15 is 0 Å². The summed E-state index contributed by atoms with van der Waals surface area (Å²) >= 11 is 0. The SMILES string of the molecule is CC(C)=C1OC(C2CCCCC2)C(C2CCCCC2)O1. The zero-order chi connectivity index (χ0) is 13.9. The molecule has 1 heterocycles. The second kappa shape index (κ2) is 6.41. The minimum absolute atomic E-state index is 0.336. The lowest BCUT2D eigenvalue weighted by Gasteiger charge is -2.33. The predicted molar refractivity (Wildman–Crippen MR) is 81.3 cm³/mol. The molecule has 3 rings (SSSR count). The van der Waals surface area contributed by atoms with Crippen molar-refractivity contribution in [2.24, 2.45) is 11.8 Å². The van der Waals surface area contributed by atoms with Crippen molar-refractivity contribution in [1.29, 1.82) is 0 Å². The standard InChI is InChI=1S/C18H30O2/c1-13(2)18-19-16(14-9-5-3-6-10-14)17(20-18)15-11-7-4-8-12-15/h14-17H,3-12H2,1-2H3. The molecule has 1 aliphatic heterocycles. The fourth-order valence-corrected chi connectivity index (χ4v) is 4.30. The fourth-order valence-electron chi connectivity index (χ4n) is 4.30. The van der Waals surface area contributed by atoms with Crippen molar-refractivity contribution in [3.8, 4) is 0 Å². The van der Waals surface area contributed by atoms with Crippen LogP contribution >= 0.6 is 0 Å². The summed E-state index contributed by atoms with van der Waals surface area (Å²) in [5.41, 5.74) is 1.20. The summed E-state index contributed by atoms with van der Waals surface area (Å²) in [6.45, 7) is 4.22. The maximum absolute atomic E-state index is 6.29. The second-order valence-electron chi connectivity index (χ2n) is 7.25. The Morgan fingerprint density at radius 1 is 0.700 bits per heavy atom. The topological polar surface area (TPSA) is 18.5 Å². The van der Waals surface area contributed by atoms with Crippen molar-refractivity contribution in [1.82, 2.24) is 0 Å². The number of allylic oxidation sites excluding steroid dienone is 1. The molecule has 0 N–H and O–H groups in total. The van der Waals surface area contributed by atoms with Crippen LogP contribution in [0.4, 0.5) is 0 Å². The highest BCUT2D eigenvalue weighted by atomic mass is 16.7. The second-order valence-corrected chi connectivity index (χ2v) is 7.25. The van der Waals surface area contributed by atoms with Gasteiger partial charge in [-0.2, -0.15) is 0 Å². The summed E-state index contributed by atoms with van der Waals surface area (Å²) in [6.07, 6.45) is 14.4. The van der Waals surface area contributed by atoms with Crippen molar-refractivity contribution < 1.29 is 9.47 Å². The van der Waals surface area contributed by atoms with E-state index in [1.165, 1.54) is 69.8 Å². The van der Waals surface area contributed by atoms with Crippen molar-refractivity contribution in [3.05, 3.63) is 11.5 Å². The zero-order valence-corrected chi connectivity index (χ0v) is 13.2. The average molecular weight is 278 g/mol. The molecule has 2 unspecified atom stereocenters. The predicted octanol–water partition coefficient (Wildman–Crippen LogP) is 5.18. The fraction of sp³-hybridized carbons (Fsp3) is 0.889. The molecule has 2 nitrogen and oxygen atoms in total. The first-order valence-electron chi connectivity index (χ1n) is 8.76. The van der Waals surface area contributed by atoms with Gasteiger partial charge in [0.05, 0.1) is 0 Å². The molecular formula is C18H30O2. The molecule has 0 amide bonds. The van der Waals surface area contributed by atoms with Gasteiger partial charge >= 0.3 is 0 Å². The maximum atomic E-state index is 6.29. The lowest BCUT2D eigenvalue weighted by molar-refractivity contribution is 0.0324. The highest BCUT2D eigenvalue weighted by Gasteiger charge is 2.44. The van der Waals surface area contributed by atoms with E-state index in [9.17, 15) is 0 Å². The third-order valence-corrected chi connectivity index (χ3v) is 5.45. The maximum Gasteiger partial charge on any atom is 0.278 e. The van der Waals surface area contributed by atoms with Crippen LogP contribution in [-0.2, 0) is 9.47 Å². The van der Waals surface area contributed by atoms with Crippen LogP contribution in [0.25, 0.3) is 0 Å². The summed E-state index contributed by atoms with van der Waals surface area (Å²) in [6, 6.07) is 0. The van der Waals surface area contributed by atoms with E-state index in [1.807, 2.05) is 0 Å². The normalized spacial score (nSPS) is 32.8. The summed E-state index contributed by atoms with van der Waals surface area (Å²) in [7, 11) is 0. The van der Waals surface area contributed by atoms with Gasteiger partial charge in [-0.15, -0.1) is 0 Å². The van der Waals surface area contributed by atoms with Crippen molar-refractivity contribution in [2.45, 2.75) is 90.3 Å². The summed E-state index contributed by atoms with van der Waals surface area (Å²) in [4.78, 5) is 0. The number of ether oxygens (including phenoxy) is 2. The average Bonchev–Trinajstić information content (AvgIpc) is 2.94. The Morgan fingerprint density at radius 2 is 1.10 bits per heavy atom. The Kier molecular flexibility index (Phi) is 4.58. The van der Waals surface area contributed by atoms with Gasteiger partial charge in [0.1, 0.15) is 12.2 Å². The van der Waals surface area contributed by atoms with E-state index in [-0.39, 0.29) is 0 Å². The van der Waals surface area contributed by atoms with Gasteiger partial charge in [0.2, 0.25) is 0 Å². The molecule has 20 heavy (non-hydrogen) atoms. The molecule has 2 saturated carbocycles. The Bertz CT molecular complexity index is 316. The third-order valence-electron chi connectivity index (χ3n) is 5.45. The first-order valence-corrected chi connectivity index (χ1v) is 8.76. The van der Waals surface area contributed by atoms with Crippen molar-refractivity contribution >= 4 is 0 Å². The largest absolute Gasteiger partial charge is 0.458 e. The molecule has 0 radical (unpaired) electrons. The van der Waals surface area contributed by atoms with Gasteiger partial charge in [-0.25, -0.2) is 0 Å².